The molecule has 0 saturated heterocycles. The number of nitrogens with one attached hydrogen (secondary N) is 1. The highest BCUT2D eigenvalue weighted by atomic mass is 16.4. The molecule has 31 heavy (non-hydrogen) atoms. The molecular weight excluding hydrogens is 400 g/mol. The Kier molecular flexibility index (Phi) is 5.61. The van der Waals surface area contributed by atoms with Crippen molar-refractivity contribution in [2.45, 2.75) is 6.54 Å². The van der Waals surface area contributed by atoms with Gasteiger partial charge in [0.15, 0.2) is 0 Å². The number of carbonyl (C=O) groups excluding carboxylic acids is 1. The maximum absolute atomic E-state index is 12.0. The van der Waals surface area contributed by atoms with Gasteiger partial charge in [0.2, 0.25) is 5.82 Å². The van der Waals surface area contributed by atoms with Gasteiger partial charge in [-0.2, -0.15) is 9.90 Å². The first-order chi connectivity index (χ1) is 15.1. The monoisotopic (exact) mass is 416 g/mol. The van der Waals surface area contributed by atoms with Gasteiger partial charge in [-0.1, -0.05) is 42.5 Å². The number of carboxylic acid groups (broad SMARTS) is 1. The van der Waals surface area contributed by atoms with Gasteiger partial charge in [-0.3, -0.25) is 4.79 Å². The predicted molar refractivity (Wildman–Crippen MR) is 110 cm³/mol. The Labute approximate surface area is 175 Å². The normalized spacial score (nSPS) is 11.0. The Morgan fingerprint density at radius 3 is 2.68 bits per heavy atom. The van der Waals surface area contributed by atoms with E-state index in [1.54, 1.807) is 24.3 Å². The summed E-state index contributed by atoms with van der Waals surface area (Å²) in [4.78, 5) is 24.3. The molecular formula is C21H16N6O4. The van der Waals surface area contributed by atoms with Crippen molar-refractivity contribution < 1.29 is 19.1 Å². The summed E-state index contributed by atoms with van der Waals surface area (Å²) in [7, 11) is 0. The number of amides is 1. The number of benzene rings is 2. The lowest BCUT2D eigenvalue weighted by atomic mass is 10.1. The summed E-state index contributed by atoms with van der Waals surface area (Å²) in [5.41, 5.74) is 3.95. The lowest BCUT2D eigenvalue weighted by Crippen LogP contribution is -2.24. The third kappa shape index (κ3) is 4.88. The summed E-state index contributed by atoms with van der Waals surface area (Å²) in [5.74, 6) is -0.158. The molecule has 0 saturated carbocycles. The van der Waals surface area contributed by atoms with Crippen LogP contribution in [0.2, 0.25) is 0 Å². The largest absolute Gasteiger partial charge is 0.478 e. The van der Waals surface area contributed by atoms with Crippen LogP contribution in [0.1, 0.15) is 16.1 Å². The van der Waals surface area contributed by atoms with Gasteiger partial charge in [-0.15, -0.1) is 10.2 Å². The van der Waals surface area contributed by atoms with Crippen molar-refractivity contribution in [2.24, 2.45) is 5.10 Å². The van der Waals surface area contributed by atoms with Crippen LogP contribution in [0.25, 0.3) is 22.7 Å². The van der Waals surface area contributed by atoms with E-state index in [2.05, 4.69) is 25.9 Å². The van der Waals surface area contributed by atoms with Crippen LogP contribution in [0.5, 0.6) is 0 Å². The number of aromatic nitrogens is 4. The Bertz CT molecular complexity index is 1250. The second-order valence-corrected chi connectivity index (χ2v) is 6.39. The van der Waals surface area contributed by atoms with Gasteiger partial charge in [0, 0.05) is 11.1 Å². The van der Waals surface area contributed by atoms with Gasteiger partial charge in [-0.25, -0.2) is 10.2 Å². The second-order valence-electron chi connectivity index (χ2n) is 6.39. The minimum Gasteiger partial charge on any atom is -0.478 e. The van der Waals surface area contributed by atoms with E-state index < -0.39 is 11.9 Å². The number of tetrazole rings is 1. The first-order valence-corrected chi connectivity index (χ1v) is 9.17. The number of hydrazone groups is 1. The van der Waals surface area contributed by atoms with Crippen LogP contribution in [-0.2, 0) is 11.3 Å². The molecule has 4 aromatic rings. The topological polar surface area (TPSA) is 136 Å². The number of rotatable bonds is 7. The third-order valence-corrected chi connectivity index (χ3v) is 4.17. The highest BCUT2D eigenvalue weighted by molar-refractivity contribution is 5.89. The zero-order valence-corrected chi connectivity index (χ0v) is 16.0. The molecule has 154 valence electrons. The van der Waals surface area contributed by atoms with Crippen LogP contribution >= 0.6 is 0 Å². The molecule has 0 aliphatic heterocycles. The Balaban J connectivity index is 1.34. The number of hydrogen-bond acceptors (Lipinski definition) is 7. The van der Waals surface area contributed by atoms with Crippen molar-refractivity contribution >= 4 is 18.1 Å². The summed E-state index contributed by atoms with van der Waals surface area (Å²) in [6, 6.07) is 19.0. The Morgan fingerprint density at radius 1 is 1.06 bits per heavy atom. The molecule has 10 heteroatoms. The van der Waals surface area contributed by atoms with Gasteiger partial charge in [0.05, 0.1) is 11.8 Å². The number of carboxylic acids is 1. The van der Waals surface area contributed by atoms with Crippen molar-refractivity contribution in [3.05, 3.63) is 78.1 Å². The summed E-state index contributed by atoms with van der Waals surface area (Å²) >= 11 is 0. The van der Waals surface area contributed by atoms with E-state index in [4.69, 9.17) is 9.52 Å². The predicted octanol–water partition coefficient (Wildman–Crippen LogP) is 2.45. The zero-order valence-electron chi connectivity index (χ0n) is 16.0. The standard InChI is InChI=1S/C21H16N6O4/c28-19(13-27-25-20(24-26-27)14-5-2-1-3-6-14)23-22-12-17-9-10-18(31-17)15-7-4-8-16(11-15)21(29)30/h1-12H,13H2,(H,23,28)(H,29,30)/b22-12-. The first-order valence-electron chi connectivity index (χ1n) is 9.17. The summed E-state index contributed by atoms with van der Waals surface area (Å²) < 4.78 is 5.62. The number of carbonyl (C=O) groups is 2. The van der Waals surface area contributed by atoms with E-state index in [0.29, 0.717) is 22.9 Å². The molecule has 2 heterocycles. The van der Waals surface area contributed by atoms with Gasteiger partial charge < -0.3 is 9.52 Å². The number of nitrogens with zero attached hydrogens (tertiary/aromatic N) is 5. The molecule has 0 radical (unpaired) electrons. The van der Waals surface area contributed by atoms with Crippen LogP contribution in [0.3, 0.4) is 0 Å². The summed E-state index contributed by atoms with van der Waals surface area (Å²) in [6.45, 7) is -0.150. The summed E-state index contributed by atoms with van der Waals surface area (Å²) in [5, 5.41) is 24.9. The lowest BCUT2D eigenvalue weighted by molar-refractivity contribution is -0.122. The molecule has 0 bridgehead atoms. The fraction of sp³-hybridized carbons (Fsp3) is 0.0476. The lowest BCUT2D eigenvalue weighted by Gasteiger charge is -1.99. The van der Waals surface area contributed by atoms with Gasteiger partial charge in [-0.05, 0) is 29.5 Å². The van der Waals surface area contributed by atoms with E-state index in [-0.39, 0.29) is 12.1 Å². The van der Waals surface area contributed by atoms with E-state index >= 15 is 0 Å². The SMILES string of the molecule is O=C(Cn1nnc(-c2ccccc2)n1)N/N=C\c1ccc(-c2cccc(C(=O)O)c2)o1. The molecule has 2 aromatic heterocycles. The number of furan rings is 1. The molecule has 2 N–H and O–H groups in total. The van der Waals surface area contributed by atoms with Crippen molar-refractivity contribution in [3.8, 4) is 22.7 Å². The minimum absolute atomic E-state index is 0.150. The van der Waals surface area contributed by atoms with Crippen LogP contribution in [-0.4, -0.2) is 43.4 Å². The average molecular weight is 416 g/mol. The fourth-order valence-corrected chi connectivity index (χ4v) is 2.73. The molecule has 10 nitrogen and oxygen atoms in total. The molecule has 0 aliphatic rings. The highest BCUT2D eigenvalue weighted by Crippen LogP contribution is 2.22. The van der Waals surface area contributed by atoms with E-state index in [9.17, 15) is 9.59 Å². The Hall–Kier alpha value is -4.60. The number of aromatic carboxylic acids is 1. The number of hydrogen-bond donors (Lipinski definition) is 2. The van der Waals surface area contributed by atoms with Crippen LogP contribution in [0.15, 0.2) is 76.2 Å². The van der Waals surface area contributed by atoms with Crippen LogP contribution in [0, 0.1) is 0 Å². The van der Waals surface area contributed by atoms with Crippen molar-refractivity contribution in [1.82, 2.24) is 25.6 Å². The maximum atomic E-state index is 12.0. The van der Waals surface area contributed by atoms with Crippen molar-refractivity contribution in [3.63, 3.8) is 0 Å². The zero-order chi connectivity index (χ0) is 21.6. The minimum atomic E-state index is -1.02. The van der Waals surface area contributed by atoms with Crippen molar-refractivity contribution in [1.29, 1.82) is 0 Å². The molecule has 0 unspecified atom stereocenters. The molecule has 4 rings (SSSR count). The van der Waals surface area contributed by atoms with Crippen LogP contribution in [0.4, 0.5) is 0 Å². The van der Waals surface area contributed by atoms with E-state index in [1.165, 1.54) is 23.1 Å². The second kappa shape index (κ2) is 8.82. The molecule has 0 fully saturated rings. The average Bonchev–Trinajstić information content (AvgIpc) is 3.44. The van der Waals surface area contributed by atoms with Gasteiger partial charge in [0.1, 0.15) is 18.1 Å². The molecule has 1 amide bonds. The molecule has 0 spiro atoms. The smallest absolute Gasteiger partial charge is 0.335 e. The first kappa shape index (κ1) is 19.7. The van der Waals surface area contributed by atoms with Crippen LogP contribution < -0.4 is 5.43 Å². The molecule has 2 aromatic carbocycles. The highest BCUT2D eigenvalue weighted by Gasteiger charge is 2.10. The maximum Gasteiger partial charge on any atom is 0.335 e. The van der Waals surface area contributed by atoms with E-state index in [1.807, 2.05) is 30.3 Å². The summed E-state index contributed by atoms with van der Waals surface area (Å²) in [6.07, 6.45) is 1.34. The third-order valence-electron chi connectivity index (χ3n) is 4.17. The quantitative estimate of drug-likeness (QED) is 0.349. The molecule has 0 atom stereocenters. The van der Waals surface area contributed by atoms with Gasteiger partial charge in [0.25, 0.3) is 5.91 Å². The Morgan fingerprint density at radius 2 is 1.87 bits per heavy atom. The molecule has 0 aliphatic carbocycles. The van der Waals surface area contributed by atoms with Crippen molar-refractivity contribution in [2.75, 3.05) is 0 Å². The van der Waals surface area contributed by atoms with E-state index in [0.717, 1.165) is 5.56 Å². The van der Waals surface area contributed by atoms with Gasteiger partial charge >= 0.3 is 5.97 Å². The fourth-order valence-electron chi connectivity index (χ4n) is 2.73.